The standard InChI is InChI=1S/C27H32N2O4S/c1-18-15-20(3)26(16-19(18)2)22(5)28-27(30)17-33-24-11-13-25(14-12-24)34(31,32)29-21(4)23-9-7-6-8-10-23/h6-16,21-22,29H,17H2,1-5H3,(H,28,30)/t21-,22+/m0/s1. The van der Waals surface area contributed by atoms with Gasteiger partial charge in [-0.15, -0.1) is 0 Å². The lowest BCUT2D eigenvalue weighted by molar-refractivity contribution is -0.123. The van der Waals surface area contributed by atoms with Crippen molar-refractivity contribution < 1.29 is 17.9 Å². The zero-order valence-electron chi connectivity index (χ0n) is 20.3. The molecule has 0 aliphatic rings. The number of carbonyl (C=O) groups is 1. The molecule has 3 rings (SSSR count). The van der Waals surface area contributed by atoms with Crippen molar-refractivity contribution in [3.63, 3.8) is 0 Å². The molecule has 0 aromatic heterocycles. The molecule has 0 saturated carbocycles. The van der Waals surface area contributed by atoms with Crippen LogP contribution in [0, 0.1) is 20.8 Å². The summed E-state index contributed by atoms with van der Waals surface area (Å²) in [5.41, 5.74) is 5.48. The predicted molar refractivity (Wildman–Crippen MR) is 134 cm³/mol. The van der Waals surface area contributed by atoms with Crippen LogP contribution >= 0.6 is 0 Å². The molecule has 0 bridgehead atoms. The number of hydrogen-bond donors (Lipinski definition) is 2. The van der Waals surface area contributed by atoms with Crippen LogP contribution in [0.1, 0.15) is 53.7 Å². The van der Waals surface area contributed by atoms with Crippen LogP contribution in [-0.4, -0.2) is 20.9 Å². The molecule has 2 N–H and O–H groups in total. The molecule has 0 fully saturated rings. The fourth-order valence-corrected chi connectivity index (χ4v) is 5.02. The Bertz CT molecular complexity index is 1240. The van der Waals surface area contributed by atoms with Gasteiger partial charge < -0.3 is 10.1 Å². The maximum Gasteiger partial charge on any atom is 0.258 e. The molecular weight excluding hydrogens is 448 g/mol. The summed E-state index contributed by atoms with van der Waals surface area (Å²) in [5, 5.41) is 2.96. The second kappa shape index (κ2) is 10.8. The normalized spacial score (nSPS) is 13.2. The van der Waals surface area contributed by atoms with E-state index >= 15 is 0 Å². The number of carbonyl (C=O) groups excluding carboxylic acids is 1. The average Bonchev–Trinajstić information content (AvgIpc) is 2.80. The first-order chi connectivity index (χ1) is 16.1. The molecule has 7 heteroatoms. The highest BCUT2D eigenvalue weighted by Gasteiger charge is 2.19. The van der Waals surface area contributed by atoms with E-state index in [1.165, 1.54) is 23.3 Å². The van der Waals surface area contributed by atoms with E-state index in [9.17, 15) is 13.2 Å². The molecule has 3 aromatic rings. The number of aryl methyl sites for hydroxylation is 3. The molecule has 0 heterocycles. The van der Waals surface area contributed by atoms with Crippen LogP contribution in [0.4, 0.5) is 0 Å². The number of benzene rings is 3. The number of ether oxygens (including phenoxy) is 1. The average molecular weight is 481 g/mol. The Kier molecular flexibility index (Phi) is 8.12. The summed E-state index contributed by atoms with van der Waals surface area (Å²) in [5.74, 6) is 0.167. The maximum atomic E-state index is 12.7. The van der Waals surface area contributed by atoms with Crippen molar-refractivity contribution >= 4 is 15.9 Å². The first kappa shape index (κ1) is 25.5. The summed E-state index contributed by atoms with van der Waals surface area (Å²) in [4.78, 5) is 12.5. The number of rotatable bonds is 9. The number of hydrogen-bond acceptors (Lipinski definition) is 4. The summed E-state index contributed by atoms with van der Waals surface area (Å²) in [6.07, 6.45) is 0. The van der Waals surface area contributed by atoms with E-state index in [2.05, 4.69) is 36.0 Å². The number of nitrogens with one attached hydrogen (secondary N) is 2. The zero-order chi connectivity index (χ0) is 24.9. The van der Waals surface area contributed by atoms with Crippen LogP contribution in [0.25, 0.3) is 0 Å². The minimum absolute atomic E-state index is 0.130. The number of amides is 1. The van der Waals surface area contributed by atoms with E-state index in [1.54, 1.807) is 19.1 Å². The van der Waals surface area contributed by atoms with Crippen molar-refractivity contribution in [3.8, 4) is 5.75 Å². The van der Waals surface area contributed by atoms with Gasteiger partial charge >= 0.3 is 0 Å². The van der Waals surface area contributed by atoms with Crippen LogP contribution < -0.4 is 14.8 Å². The Labute approximate surface area is 202 Å². The van der Waals surface area contributed by atoms with Crippen LogP contribution in [0.15, 0.2) is 71.6 Å². The van der Waals surface area contributed by atoms with Gasteiger partial charge in [-0.2, -0.15) is 0 Å². The van der Waals surface area contributed by atoms with Crippen molar-refractivity contribution in [1.82, 2.24) is 10.0 Å². The Morgan fingerprint density at radius 1 is 0.853 bits per heavy atom. The van der Waals surface area contributed by atoms with Gasteiger partial charge in [-0.3, -0.25) is 4.79 Å². The molecule has 6 nitrogen and oxygen atoms in total. The summed E-state index contributed by atoms with van der Waals surface area (Å²) < 4.78 is 33.7. The van der Waals surface area contributed by atoms with Crippen molar-refractivity contribution in [2.45, 2.75) is 51.6 Å². The Balaban J connectivity index is 1.56. The highest BCUT2D eigenvalue weighted by molar-refractivity contribution is 7.89. The van der Waals surface area contributed by atoms with Crippen molar-refractivity contribution in [2.24, 2.45) is 0 Å². The van der Waals surface area contributed by atoms with Gasteiger partial charge in [0.15, 0.2) is 6.61 Å². The third-order valence-electron chi connectivity index (χ3n) is 5.86. The van der Waals surface area contributed by atoms with E-state index < -0.39 is 10.0 Å². The third kappa shape index (κ3) is 6.46. The fourth-order valence-electron chi connectivity index (χ4n) is 3.78. The van der Waals surface area contributed by atoms with Crippen LogP contribution in [0.5, 0.6) is 5.75 Å². The molecule has 0 spiro atoms. The molecule has 0 aliphatic carbocycles. The predicted octanol–water partition coefficient (Wildman–Crippen LogP) is 4.91. The van der Waals surface area contributed by atoms with Crippen molar-refractivity contribution in [1.29, 1.82) is 0 Å². The lowest BCUT2D eigenvalue weighted by Crippen LogP contribution is -2.31. The largest absolute Gasteiger partial charge is 0.484 e. The van der Waals surface area contributed by atoms with E-state index in [1.807, 2.05) is 44.2 Å². The molecule has 0 radical (unpaired) electrons. The highest BCUT2D eigenvalue weighted by atomic mass is 32.2. The molecule has 34 heavy (non-hydrogen) atoms. The topological polar surface area (TPSA) is 84.5 Å². The summed E-state index contributed by atoms with van der Waals surface area (Å²) in [7, 11) is -3.70. The molecule has 1 amide bonds. The molecule has 3 aromatic carbocycles. The third-order valence-corrected chi connectivity index (χ3v) is 7.42. The zero-order valence-corrected chi connectivity index (χ0v) is 21.1. The van der Waals surface area contributed by atoms with Crippen LogP contribution in [0.2, 0.25) is 0 Å². The Hall–Kier alpha value is -3.16. The van der Waals surface area contributed by atoms with E-state index in [4.69, 9.17) is 4.74 Å². The van der Waals surface area contributed by atoms with E-state index in [0.717, 1.165) is 16.7 Å². The molecule has 0 aliphatic heterocycles. The quantitative estimate of drug-likeness (QED) is 0.456. The van der Waals surface area contributed by atoms with Crippen molar-refractivity contribution in [2.75, 3.05) is 6.61 Å². The second-order valence-electron chi connectivity index (χ2n) is 8.60. The van der Waals surface area contributed by atoms with Crippen LogP contribution in [-0.2, 0) is 14.8 Å². The van der Waals surface area contributed by atoms with E-state index in [-0.39, 0.29) is 29.5 Å². The lowest BCUT2D eigenvalue weighted by atomic mass is 9.96. The molecular formula is C27H32N2O4S. The molecule has 0 unspecified atom stereocenters. The van der Waals surface area contributed by atoms with Crippen LogP contribution in [0.3, 0.4) is 0 Å². The fraction of sp³-hybridized carbons (Fsp3) is 0.296. The first-order valence-corrected chi connectivity index (χ1v) is 12.7. The highest BCUT2D eigenvalue weighted by Crippen LogP contribution is 2.22. The van der Waals surface area contributed by atoms with Crippen molar-refractivity contribution in [3.05, 3.63) is 94.5 Å². The molecule has 2 atom stereocenters. The SMILES string of the molecule is Cc1cc(C)c([C@@H](C)NC(=O)COc2ccc(S(=O)(=O)N[C@@H](C)c3ccccc3)cc2)cc1C. The van der Waals surface area contributed by atoms with Gasteiger partial charge in [0.2, 0.25) is 10.0 Å². The Morgan fingerprint density at radius 2 is 1.47 bits per heavy atom. The Morgan fingerprint density at radius 3 is 2.12 bits per heavy atom. The maximum absolute atomic E-state index is 12.7. The second-order valence-corrected chi connectivity index (χ2v) is 10.3. The lowest BCUT2D eigenvalue weighted by Gasteiger charge is -2.18. The van der Waals surface area contributed by atoms with Gasteiger partial charge in [-0.1, -0.05) is 42.5 Å². The minimum atomic E-state index is -3.70. The number of sulfonamides is 1. The van der Waals surface area contributed by atoms with Gasteiger partial charge in [-0.25, -0.2) is 13.1 Å². The van der Waals surface area contributed by atoms with Gasteiger partial charge in [0, 0.05) is 6.04 Å². The summed E-state index contributed by atoms with van der Waals surface area (Å²) in [6, 6.07) is 19.1. The summed E-state index contributed by atoms with van der Waals surface area (Å²) in [6.45, 7) is 9.73. The minimum Gasteiger partial charge on any atom is -0.484 e. The monoisotopic (exact) mass is 480 g/mol. The van der Waals surface area contributed by atoms with Gasteiger partial charge in [0.25, 0.3) is 5.91 Å². The molecule has 180 valence electrons. The van der Waals surface area contributed by atoms with Gasteiger partial charge in [0.1, 0.15) is 5.75 Å². The first-order valence-electron chi connectivity index (χ1n) is 11.2. The smallest absolute Gasteiger partial charge is 0.258 e. The van der Waals surface area contributed by atoms with E-state index in [0.29, 0.717) is 5.75 Å². The molecule has 0 saturated heterocycles. The van der Waals surface area contributed by atoms with Gasteiger partial charge in [0.05, 0.1) is 10.9 Å². The van der Waals surface area contributed by atoms with Gasteiger partial charge in [-0.05, 0) is 86.7 Å². The summed E-state index contributed by atoms with van der Waals surface area (Å²) >= 11 is 0.